The molecular formula is C19H23FN6. The highest BCUT2D eigenvalue weighted by Crippen LogP contribution is 2.20. The molecule has 6 nitrogen and oxygen atoms in total. The fraction of sp³-hybridized carbons (Fsp3) is 0.368. The van der Waals surface area contributed by atoms with Gasteiger partial charge in [0.2, 0.25) is 0 Å². The highest BCUT2D eigenvalue weighted by Gasteiger charge is 2.21. The zero-order valence-corrected chi connectivity index (χ0v) is 15.1. The Balaban J connectivity index is 1.47. The lowest BCUT2D eigenvalue weighted by Crippen LogP contribution is -2.34. The summed E-state index contributed by atoms with van der Waals surface area (Å²) in [6, 6.07) is 6.48. The van der Waals surface area contributed by atoms with Gasteiger partial charge in [-0.1, -0.05) is 6.07 Å². The summed E-state index contributed by atoms with van der Waals surface area (Å²) in [6.45, 7) is 4.47. The smallest absolute Gasteiger partial charge is 0.125 e. The molecule has 0 fully saturated rings. The lowest BCUT2D eigenvalue weighted by molar-refractivity contribution is 0.203. The van der Waals surface area contributed by atoms with E-state index in [1.807, 2.05) is 24.7 Å². The third-order valence-electron chi connectivity index (χ3n) is 4.64. The average molecular weight is 354 g/mol. The molecular weight excluding hydrogens is 331 g/mol. The molecule has 4 rings (SSSR count). The quantitative estimate of drug-likeness (QED) is 0.705. The number of hydrogen-bond acceptors (Lipinski definition) is 4. The first-order valence-corrected chi connectivity index (χ1v) is 8.78. The maximum atomic E-state index is 13.4. The minimum absolute atomic E-state index is 0.253. The Kier molecular flexibility index (Phi) is 4.57. The average Bonchev–Trinajstić information content (AvgIpc) is 3.22. The van der Waals surface area contributed by atoms with Crippen LogP contribution < -0.4 is 0 Å². The van der Waals surface area contributed by atoms with Gasteiger partial charge in [0.05, 0.1) is 30.3 Å². The van der Waals surface area contributed by atoms with E-state index in [4.69, 9.17) is 0 Å². The molecule has 26 heavy (non-hydrogen) atoms. The molecule has 1 aliphatic rings. The van der Waals surface area contributed by atoms with Crippen molar-refractivity contribution >= 4 is 0 Å². The zero-order valence-electron chi connectivity index (χ0n) is 15.1. The molecule has 3 heterocycles. The van der Waals surface area contributed by atoms with Gasteiger partial charge in [-0.2, -0.15) is 10.2 Å². The van der Waals surface area contributed by atoms with Crippen LogP contribution in [0.4, 0.5) is 4.39 Å². The van der Waals surface area contributed by atoms with Crippen LogP contribution in [-0.2, 0) is 26.2 Å². The molecule has 136 valence electrons. The Hall–Kier alpha value is -2.51. The molecule has 2 aromatic heterocycles. The molecule has 0 saturated heterocycles. The van der Waals surface area contributed by atoms with E-state index < -0.39 is 0 Å². The first kappa shape index (κ1) is 16.9. The van der Waals surface area contributed by atoms with E-state index in [-0.39, 0.29) is 5.82 Å². The SMILES string of the molecule is CN(C)Cc1cnn2c1CN(Cc1cnn(-c3cccc(F)c3)c1)CC2. The van der Waals surface area contributed by atoms with Crippen molar-refractivity contribution in [1.29, 1.82) is 0 Å². The summed E-state index contributed by atoms with van der Waals surface area (Å²) in [6.07, 6.45) is 5.82. The Morgan fingerprint density at radius 3 is 2.85 bits per heavy atom. The number of nitrogens with zero attached hydrogens (tertiary/aromatic N) is 6. The first-order valence-electron chi connectivity index (χ1n) is 8.78. The van der Waals surface area contributed by atoms with Crippen molar-refractivity contribution in [2.24, 2.45) is 0 Å². The van der Waals surface area contributed by atoms with E-state index in [9.17, 15) is 4.39 Å². The van der Waals surface area contributed by atoms with E-state index in [0.717, 1.165) is 44.0 Å². The van der Waals surface area contributed by atoms with Crippen LogP contribution in [0.25, 0.3) is 5.69 Å². The van der Waals surface area contributed by atoms with Gasteiger partial charge in [-0.25, -0.2) is 9.07 Å². The monoisotopic (exact) mass is 354 g/mol. The molecule has 0 radical (unpaired) electrons. The summed E-state index contributed by atoms with van der Waals surface area (Å²) in [5.74, 6) is -0.253. The fourth-order valence-electron chi connectivity index (χ4n) is 3.42. The number of halogens is 1. The van der Waals surface area contributed by atoms with Gasteiger partial charge < -0.3 is 4.90 Å². The van der Waals surface area contributed by atoms with E-state index in [1.54, 1.807) is 10.7 Å². The molecule has 1 aliphatic heterocycles. The molecule has 0 aliphatic carbocycles. The maximum Gasteiger partial charge on any atom is 0.125 e. The van der Waals surface area contributed by atoms with Crippen molar-refractivity contribution in [3.63, 3.8) is 0 Å². The molecule has 7 heteroatoms. The summed E-state index contributed by atoms with van der Waals surface area (Å²) < 4.78 is 17.3. The Bertz CT molecular complexity index is 897. The van der Waals surface area contributed by atoms with Crippen LogP contribution in [0.5, 0.6) is 0 Å². The van der Waals surface area contributed by atoms with E-state index >= 15 is 0 Å². The minimum atomic E-state index is -0.253. The molecule has 0 spiro atoms. The maximum absolute atomic E-state index is 13.4. The van der Waals surface area contributed by atoms with Gasteiger partial charge in [-0.05, 0) is 32.3 Å². The van der Waals surface area contributed by atoms with Gasteiger partial charge in [-0.3, -0.25) is 9.58 Å². The lowest BCUT2D eigenvalue weighted by Gasteiger charge is -2.28. The van der Waals surface area contributed by atoms with Crippen molar-refractivity contribution in [2.75, 3.05) is 20.6 Å². The second-order valence-electron chi connectivity index (χ2n) is 7.06. The van der Waals surface area contributed by atoms with Crippen LogP contribution in [0.1, 0.15) is 16.8 Å². The van der Waals surface area contributed by atoms with Gasteiger partial charge in [0.1, 0.15) is 5.82 Å². The van der Waals surface area contributed by atoms with Crippen LogP contribution in [0.2, 0.25) is 0 Å². The number of hydrogen-bond donors (Lipinski definition) is 0. The first-order chi connectivity index (χ1) is 12.6. The van der Waals surface area contributed by atoms with Crippen LogP contribution in [-0.4, -0.2) is 50.0 Å². The summed E-state index contributed by atoms with van der Waals surface area (Å²) >= 11 is 0. The van der Waals surface area contributed by atoms with Crippen molar-refractivity contribution < 1.29 is 4.39 Å². The molecule has 0 N–H and O–H groups in total. The van der Waals surface area contributed by atoms with Crippen molar-refractivity contribution in [2.45, 2.75) is 26.2 Å². The van der Waals surface area contributed by atoms with Gasteiger partial charge >= 0.3 is 0 Å². The highest BCUT2D eigenvalue weighted by molar-refractivity contribution is 5.31. The molecule has 1 aromatic carbocycles. The van der Waals surface area contributed by atoms with Gasteiger partial charge in [0.15, 0.2) is 0 Å². The fourth-order valence-corrected chi connectivity index (χ4v) is 3.42. The number of aromatic nitrogens is 4. The van der Waals surface area contributed by atoms with Gasteiger partial charge in [-0.15, -0.1) is 0 Å². The summed E-state index contributed by atoms with van der Waals surface area (Å²) in [7, 11) is 4.15. The predicted molar refractivity (Wildman–Crippen MR) is 97.3 cm³/mol. The van der Waals surface area contributed by atoms with Crippen LogP contribution in [0.15, 0.2) is 42.9 Å². The number of fused-ring (bicyclic) bond motifs is 1. The minimum Gasteiger partial charge on any atom is -0.305 e. The topological polar surface area (TPSA) is 42.1 Å². The van der Waals surface area contributed by atoms with Crippen LogP contribution in [0, 0.1) is 5.82 Å². The van der Waals surface area contributed by atoms with Crippen molar-refractivity contribution in [1.82, 2.24) is 29.4 Å². The largest absolute Gasteiger partial charge is 0.305 e. The second-order valence-corrected chi connectivity index (χ2v) is 7.06. The van der Waals surface area contributed by atoms with Crippen LogP contribution in [0.3, 0.4) is 0 Å². The van der Waals surface area contributed by atoms with Crippen molar-refractivity contribution in [3.8, 4) is 5.69 Å². The highest BCUT2D eigenvalue weighted by atomic mass is 19.1. The van der Waals surface area contributed by atoms with Gasteiger partial charge in [0.25, 0.3) is 0 Å². The Labute approximate surface area is 152 Å². The molecule has 0 unspecified atom stereocenters. The van der Waals surface area contributed by atoms with Gasteiger partial charge in [0, 0.05) is 43.5 Å². The zero-order chi connectivity index (χ0) is 18.1. The lowest BCUT2D eigenvalue weighted by atomic mass is 10.2. The Morgan fingerprint density at radius 1 is 1.15 bits per heavy atom. The summed E-state index contributed by atoms with van der Waals surface area (Å²) in [5, 5.41) is 8.90. The third-order valence-corrected chi connectivity index (χ3v) is 4.64. The molecule has 0 atom stereocenters. The van der Waals surface area contributed by atoms with Crippen molar-refractivity contribution in [3.05, 3.63) is 65.5 Å². The Morgan fingerprint density at radius 2 is 2.04 bits per heavy atom. The molecule has 0 bridgehead atoms. The summed E-state index contributed by atoms with van der Waals surface area (Å²) in [5.41, 5.74) is 4.44. The standard InChI is InChI=1S/C19H23FN6/c1-23(2)13-16-10-22-25-7-6-24(14-19(16)25)11-15-9-21-26(12-15)18-5-3-4-17(20)8-18/h3-5,8-10,12H,6-7,11,13-14H2,1-2H3. The summed E-state index contributed by atoms with van der Waals surface area (Å²) in [4.78, 5) is 4.57. The molecule has 0 amide bonds. The molecule has 3 aromatic rings. The van der Waals surface area contributed by atoms with Crippen LogP contribution >= 0.6 is 0 Å². The normalized spacial score (nSPS) is 14.8. The third kappa shape index (κ3) is 3.54. The predicted octanol–water partition coefficient (Wildman–Crippen LogP) is 2.29. The van der Waals surface area contributed by atoms with E-state index in [2.05, 4.69) is 38.8 Å². The number of rotatable bonds is 5. The second kappa shape index (κ2) is 7.01. The van der Waals surface area contributed by atoms with E-state index in [1.165, 1.54) is 23.4 Å². The molecule has 0 saturated carbocycles. The van der Waals surface area contributed by atoms with E-state index in [0.29, 0.717) is 0 Å². The number of benzene rings is 1.